The molecule has 0 unspecified atom stereocenters. The van der Waals surface area contributed by atoms with E-state index in [0.717, 1.165) is 39.2 Å². The SMILES string of the molecule is CS(=O)(=O)c1ccc(C(=O)Nc2cccc(-c3nc4ccccc4s3)c2)c(-c2cccc(C(F)(F)F)c2)c1. The van der Waals surface area contributed by atoms with E-state index >= 15 is 0 Å². The minimum atomic E-state index is -4.60. The van der Waals surface area contributed by atoms with Gasteiger partial charge in [0.05, 0.1) is 20.7 Å². The Balaban J connectivity index is 1.52. The second-order valence-corrected chi connectivity index (χ2v) is 11.6. The van der Waals surface area contributed by atoms with Gasteiger partial charge in [-0.05, 0) is 65.7 Å². The number of fused-ring (bicyclic) bond motifs is 1. The minimum absolute atomic E-state index is 0.0297. The summed E-state index contributed by atoms with van der Waals surface area (Å²) >= 11 is 1.51. The normalized spacial score (nSPS) is 12.0. The first-order chi connectivity index (χ1) is 18.0. The summed E-state index contributed by atoms with van der Waals surface area (Å²) in [7, 11) is -3.68. The zero-order valence-electron chi connectivity index (χ0n) is 19.8. The average molecular weight is 553 g/mol. The van der Waals surface area contributed by atoms with Crippen molar-refractivity contribution in [2.45, 2.75) is 11.1 Å². The second-order valence-electron chi connectivity index (χ2n) is 8.58. The van der Waals surface area contributed by atoms with Crippen molar-refractivity contribution in [3.05, 3.63) is 102 Å². The maximum absolute atomic E-state index is 13.4. The number of thiazole rings is 1. The fourth-order valence-corrected chi connectivity index (χ4v) is 5.59. The van der Waals surface area contributed by atoms with E-state index in [1.807, 2.05) is 30.3 Å². The Labute approximate surface area is 220 Å². The number of benzene rings is 4. The quantitative estimate of drug-likeness (QED) is 0.248. The average Bonchev–Trinajstić information content (AvgIpc) is 3.32. The molecule has 0 aliphatic heterocycles. The summed E-state index contributed by atoms with van der Waals surface area (Å²) in [5.41, 5.74) is 1.36. The highest BCUT2D eigenvalue weighted by Crippen LogP contribution is 2.35. The first kappa shape index (κ1) is 25.6. The number of aromatic nitrogens is 1. The van der Waals surface area contributed by atoms with Crippen LogP contribution in [-0.2, 0) is 16.0 Å². The van der Waals surface area contributed by atoms with Gasteiger partial charge in [0, 0.05) is 23.1 Å². The highest BCUT2D eigenvalue weighted by molar-refractivity contribution is 7.90. The molecule has 10 heteroatoms. The van der Waals surface area contributed by atoms with E-state index < -0.39 is 27.5 Å². The highest BCUT2D eigenvalue weighted by atomic mass is 32.2. The molecule has 0 radical (unpaired) electrons. The standard InChI is InChI=1S/C28H19F3N2O3S2/c1-38(35,36)21-12-13-22(23(16-21)17-6-4-8-19(14-17)28(29,30)31)26(34)32-20-9-5-7-18(15-20)27-33-24-10-2-3-11-25(24)37-27/h2-16H,1H3,(H,32,34). The predicted molar refractivity (Wildman–Crippen MR) is 143 cm³/mol. The van der Waals surface area contributed by atoms with E-state index in [9.17, 15) is 26.4 Å². The Morgan fingerprint density at radius 2 is 1.61 bits per heavy atom. The number of anilines is 1. The maximum atomic E-state index is 13.4. The molecular weight excluding hydrogens is 533 g/mol. The van der Waals surface area contributed by atoms with E-state index in [2.05, 4.69) is 10.3 Å². The molecule has 38 heavy (non-hydrogen) atoms. The lowest BCUT2D eigenvalue weighted by Gasteiger charge is -2.14. The Morgan fingerprint density at radius 3 is 2.34 bits per heavy atom. The van der Waals surface area contributed by atoms with Crippen molar-refractivity contribution in [1.29, 1.82) is 0 Å². The molecule has 0 bridgehead atoms. The molecule has 1 heterocycles. The molecular formula is C28H19F3N2O3S2. The number of halogens is 3. The maximum Gasteiger partial charge on any atom is 0.416 e. The number of nitrogens with zero attached hydrogens (tertiary/aromatic N) is 1. The molecule has 5 nitrogen and oxygen atoms in total. The van der Waals surface area contributed by atoms with Crippen molar-refractivity contribution in [2.24, 2.45) is 0 Å². The number of hydrogen-bond acceptors (Lipinski definition) is 5. The van der Waals surface area contributed by atoms with Crippen LogP contribution in [0.25, 0.3) is 31.9 Å². The number of amides is 1. The summed E-state index contributed by atoms with van der Waals surface area (Å²) in [6.45, 7) is 0. The molecule has 192 valence electrons. The largest absolute Gasteiger partial charge is 0.416 e. The van der Waals surface area contributed by atoms with E-state index in [0.29, 0.717) is 5.69 Å². The number of rotatable bonds is 5. The summed E-state index contributed by atoms with van der Waals surface area (Å²) in [6.07, 6.45) is -3.61. The zero-order chi connectivity index (χ0) is 27.1. The molecule has 0 saturated heterocycles. The molecule has 0 atom stereocenters. The van der Waals surface area contributed by atoms with Crippen LogP contribution in [0.15, 0.2) is 95.9 Å². The van der Waals surface area contributed by atoms with Crippen molar-refractivity contribution in [3.8, 4) is 21.7 Å². The Bertz CT molecular complexity index is 1760. The van der Waals surface area contributed by atoms with E-state index in [4.69, 9.17) is 0 Å². The fourth-order valence-electron chi connectivity index (χ4n) is 3.98. The van der Waals surface area contributed by atoms with Gasteiger partial charge in [0.1, 0.15) is 5.01 Å². The first-order valence-corrected chi connectivity index (χ1v) is 14.0. The van der Waals surface area contributed by atoms with E-state index in [1.54, 1.807) is 18.2 Å². The lowest BCUT2D eigenvalue weighted by Crippen LogP contribution is -2.14. The number of carbonyl (C=O) groups excluding carboxylic acids is 1. The zero-order valence-corrected chi connectivity index (χ0v) is 21.4. The molecule has 0 spiro atoms. The third kappa shape index (κ3) is 5.32. The molecule has 0 aliphatic rings. The van der Waals surface area contributed by atoms with Crippen molar-refractivity contribution in [3.63, 3.8) is 0 Å². The van der Waals surface area contributed by atoms with Gasteiger partial charge >= 0.3 is 6.18 Å². The van der Waals surface area contributed by atoms with Crippen molar-refractivity contribution >= 4 is 43.0 Å². The smallest absolute Gasteiger partial charge is 0.322 e. The van der Waals surface area contributed by atoms with Gasteiger partial charge in [-0.15, -0.1) is 11.3 Å². The Kier molecular flexibility index (Phi) is 6.54. The minimum Gasteiger partial charge on any atom is -0.322 e. The number of nitrogens with one attached hydrogen (secondary N) is 1. The third-order valence-corrected chi connectivity index (χ3v) is 8.02. The van der Waals surface area contributed by atoms with Gasteiger partial charge < -0.3 is 5.32 Å². The van der Waals surface area contributed by atoms with Crippen LogP contribution in [0.5, 0.6) is 0 Å². The van der Waals surface area contributed by atoms with Gasteiger partial charge in [0.15, 0.2) is 9.84 Å². The highest BCUT2D eigenvalue weighted by Gasteiger charge is 2.31. The van der Waals surface area contributed by atoms with Gasteiger partial charge in [0.2, 0.25) is 0 Å². The Hall–Kier alpha value is -4.02. The number of hydrogen-bond donors (Lipinski definition) is 1. The van der Waals surface area contributed by atoms with Crippen LogP contribution in [0.4, 0.5) is 18.9 Å². The van der Waals surface area contributed by atoms with Crippen LogP contribution in [0.3, 0.4) is 0 Å². The van der Waals surface area contributed by atoms with Gasteiger partial charge in [-0.1, -0.05) is 36.4 Å². The molecule has 4 aromatic carbocycles. The van der Waals surface area contributed by atoms with Crippen LogP contribution in [0.2, 0.25) is 0 Å². The molecule has 1 N–H and O–H groups in total. The molecule has 1 aromatic heterocycles. The molecule has 1 amide bonds. The number of carbonyl (C=O) groups is 1. The van der Waals surface area contributed by atoms with Gasteiger partial charge in [-0.25, -0.2) is 13.4 Å². The topological polar surface area (TPSA) is 76.1 Å². The lowest BCUT2D eigenvalue weighted by molar-refractivity contribution is -0.137. The van der Waals surface area contributed by atoms with Gasteiger partial charge in [0.25, 0.3) is 5.91 Å². The monoisotopic (exact) mass is 552 g/mol. The van der Waals surface area contributed by atoms with Gasteiger partial charge in [-0.3, -0.25) is 4.79 Å². The Morgan fingerprint density at radius 1 is 0.868 bits per heavy atom. The fraction of sp³-hybridized carbons (Fsp3) is 0.0714. The first-order valence-electron chi connectivity index (χ1n) is 11.3. The van der Waals surface area contributed by atoms with Crippen LogP contribution in [0, 0.1) is 0 Å². The van der Waals surface area contributed by atoms with Gasteiger partial charge in [-0.2, -0.15) is 13.2 Å². The summed E-state index contributed by atoms with van der Waals surface area (Å²) in [4.78, 5) is 17.9. The lowest BCUT2D eigenvalue weighted by atomic mass is 9.97. The van der Waals surface area contributed by atoms with Crippen LogP contribution >= 0.6 is 11.3 Å². The molecule has 0 aliphatic carbocycles. The summed E-state index contributed by atoms with van der Waals surface area (Å²) in [5, 5.41) is 3.55. The van der Waals surface area contributed by atoms with Crippen molar-refractivity contribution in [1.82, 2.24) is 4.98 Å². The number of alkyl halides is 3. The second kappa shape index (κ2) is 9.70. The predicted octanol–water partition coefficient (Wildman–Crippen LogP) is 7.30. The van der Waals surface area contributed by atoms with Crippen LogP contribution in [-0.4, -0.2) is 25.6 Å². The summed E-state index contributed by atoms with van der Waals surface area (Å²) in [6, 6.07) is 23.0. The third-order valence-electron chi connectivity index (χ3n) is 5.83. The van der Waals surface area contributed by atoms with Crippen LogP contribution in [0.1, 0.15) is 15.9 Å². The summed E-state index contributed by atoms with van der Waals surface area (Å²) in [5.74, 6) is -0.598. The molecule has 5 rings (SSSR count). The van der Waals surface area contributed by atoms with Crippen LogP contribution < -0.4 is 5.32 Å². The molecule has 0 fully saturated rings. The molecule has 5 aromatic rings. The van der Waals surface area contributed by atoms with E-state index in [1.165, 1.54) is 41.7 Å². The van der Waals surface area contributed by atoms with Crippen molar-refractivity contribution in [2.75, 3.05) is 11.6 Å². The molecule has 0 saturated carbocycles. The number of para-hydroxylation sites is 1. The number of sulfone groups is 1. The van der Waals surface area contributed by atoms with Crippen molar-refractivity contribution < 1.29 is 26.4 Å². The van der Waals surface area contributed by atoms with E-state index in [-0.39, 0.29) is 21.6 Å². The summed E-state index contributed by atoms with van der Waals surface area (Å²) < 4.78 is 65.4.